The van der Waals surface area contributed by atoms with Crippen LogP contribution in [0.2, 0.25) is 0 Å². The van der Waals surface area contributed by atoms with E-state index in [9.17, 15) is 17.6 Å². The van der Waals surface area contributed by atoms with Gasteiger partial charge in [-0.3, -0.25) is 4.99 Å². The zero-order chi connectivity index (χ0) is 26.2. The number of nitrogens with one attached hydrogen (secondary N) is 3. The normalized spacial score (nSPS) is 18.5. The highest BCUT2D eigenvalue weighted by molar-refractivity contribution is 6.04. The Hall–Kier alpha value is -4.35. The van der Waals surface area contributed by atoms with Crippen molar-refractivity contribution in [2.75, 3.05) is 18.5 Å². The van der Waals surface area contributed by atoms with Gasteiger partial charge in [0.2, 0.25) is 0 Å². The van der Waals surface area contributed by atoms with E-state index in [0.717, 1.165) is 17.7 Å². The number of ether oxygens (including phenoxy) is 1. The minimum absolute atomic E-state index is 0.228. The highest BCUT2D eigenvalue weighted by Crippen LogP contribution is 2.34. The summed E-state index contributed by atoms with van der Waals surface area (Å²) in [5.41, 5.74) is 2.53. The van der Waals surface area contributed by atoms with E-state index in [1.54, 1.807) is 19.1 Å². The van der Waals surface area contributed by atoms with Crippen LogP contribution >= 0.6 is 0 Å². The molecule has 3 heterocycles. The summed E-state index contributed by atoms with van der Waals surface area (Å²) in [4.78, 5) is 8.55. The number of hydrogen-bond donors (Lipinski definition) is 3. The average Bonchev–Trinajstić information content (AvgIpc) is 3.29. The van der Waals surface area contributed by atoms with Crippen LogP contribution in [-0.4, -0.2) is 40.0 Å². The number of alkyl halides is 3. The first-order valence-electron chi connectivity index (χ1n) is 11.5. The molecule has 8 nitrogen and oxygen atoms in total. The molecule has 0 bridgehead atoms. The molecule has 0 aliphatic carbocycles. The predicted molar refractivity (Wildman–Crippen MR) is 130 cm³/mol. The van der Waals surface area contributed by atoms with E-state index < -0.39 is 23.8 Å². The molecule has 192 valence electrons. The van der Waals surface area contributed by atoms with Crippen LogP contribution in [0.5, 0.6) is 0 Å². The van der Waals surface area contributed by atoms with E-state index in [-0.39, 0.29) is 12.3 Å². The van der Waals surface area contributed by atoms with E-state index in [2.05, 4.69) is 31.0 Å². The molecule has 1 atom stereocenters. The number of anilines is 1. The second-order valence-corrected chi connectivity index (χ2v) is 8.35. The van der Waals surface area contributed by atoms with Gasteiger partial charge < -0.3 is 20.7 Å². The number of hydrogen-bond acceptors (Lipinski definition) is 6. The summed E-state index contributed by atoms with van der Waals surface area (Å²) >= 11 is 0. The van der Waals surface area contributed by atoms with Gasteiger partial charge in [-0.15, -0.1) is 0 Å². The van der Waals surface area contributed by atoms with Crippen LogP contribution in [0.3, 0.4) is 0 Å². The largest absolute Gasteiger partial charge is 0.496 e. The smallest absolute Gasteiger partial charge is 0.416 e. The molecule has 0 saturated heterocycles. The van der Waals surface area contributed by atoms with Crippen molar-refractivity contribution in [1.29, 1.82) is 0 Å². The Bertz CT molecular complexity index is 1410. The number of aromatic nitrogens is 3. The maximum absolute atomic E-state index is 14.9. The topological polar surface area (TPSA) is 88.4 Å². The lowest BCUT2D eigenvalue weighted by molar-refractivity contribution is -0.137. The molecule has 37 heavy (non-hydrogen) atoms. The van der Waals surface area contributed by atoms with Crippen LogP contribution in [-0.2, 0) is 10.9 Å². The van der Waals surface area contributed by atoms with Crippen molar-refractivity contribution in [2.24, 2.45) is 4.99 Å². The Kier molecular flexibility index (Phi) is 6.32. The summed E-state index contributed by atoms with van der Waals surface area (Å²) in [6.45, 7) is 4.33. The Morgan fingerprint density at radius 2 is 1.95 bits per heavy atom. The first kappa shape index (κ1) is 24.3. The predicted octanol–water partition coefficient (Wildman–Crippen LogP) is 4.37. The van der Waals surface area contributed by atoms with E-state index in [1.807, 2.05) is 6.92 Å². The van der Waals surface area contributed by atoms with Crippen molar-refractivity contribution in [1.82, 2.24) is 25.4 Å². The van der Waals surface area contributed by atoms with Crippen LogP contribution in [0.15, 0.2) is 71.3 Å². The summed E-state index contributed by atoms with van der Waals surface area (Å²) < 4.78 is 61.1. The second kappa shape index (κ2) is 9.60. The Morgan fingerprint density at radius 1 is 1.16 bits per heavy atom. The van der Waals surface area contributed by atoms with Gasteiger partial charge in [-0.25, -0.2) is 14.1 Å². The highest BCUT2D eigenvalue weighted by Gasteiger charge is 2.32. The van der Waals surface area contributed by atoms with Crippen LogP contribution in [0, 0.1) is 12.7 Å². The molecule has 1 aromatic heterocycles. The number of aryl methyl sites for hydroxylation is 1. The van der Waals surface area contributed by atoms with Gasteiger partial charge in [-0.2, -0.15) is 18.3 Å². The first-order valence-corrected chi connectivity index (χ1v) is 11.5. The van der Waals surface area contributed by atoms with Gasteiger partial charge in [-0.05, 0) is 49.7 Å². The highest BCUT2D eigenvalue weighted by atomic mass is 19.4. The molecule has 0 fully saturated rings. The average molecular weight is 513 g/mol. The molecular formula is C25H23F4N7O. The zero-order valence-electron chi connectivity index (χ0n) is 19.9. The Morgan fingerprint density at radius 3 is 2.59 bits per heavy atom. The van der Waals surface area contributed by atoms with Crippen LogP contribution in [0.25, 0.3) is 11.3 Å². The molecule has 1 unspecified atom stereocenters. The molecule has 12 heteroatoms. The van der Waals surface area contributed by atoms with Crippen molar-refractivity contribution in [3.05, 3.63) is 89.1 Å². The third-order valence-electron chi connectivity index (χ3n) is 5.90. The number of rotatable bonds is 5. The van der Waals surface area contributed by atoms with Crippen molar-refractivity contribution in [2.45, 2.75) is 26.3 Å². The minimum atomic E-state index is -4.43. The molecule has 5 rings (SSSR count). The minimum Gasteiger partial charge on any atom is -0.496 e. The quantitative estimate of drug-likeness (QED) is 0.440. The molecule has 2 aromatic carbocycles. The second-order valence-electron chi connectivity index (χ2n) is 8.35. The lowest BCUT2D eigenvalue weighted by Crippen LogP contribution is -2.56. The summed E-state index contributed by atoms with van der Waals surface area (Å²) in [6, 6.07) is 9.51. The maximum atomic E-state index is 14.9. The number of aliphatic imine (C=N–C) groups is 1. The SMILES string of the molecule is CCN=C1NC(Nc2ccc(-n3ncnc3C)c(F)c2)NC2=C1COC=C2c1ccc(C(F)(F)F)cc1. The third kappa shape index (κ3) is 4.86. The fraction of sp³-hybridized carbons (Fsp3) is 0.240. The number of nitrogens with zero attached hydrogens (tertiary/aromatic N) is 4. The molecule has 3 N–H and O–H groups in total. The molecule has 0 amide bonds. The van der Waals surface area contributed by atoms with Crippen LogP contribution < -0.4 is 16.0 Å². The number of allylic oxidation sites excluding steroid dienone is 1. The lowest BCUT2D eigenvalue weighted by Gasteiger charge is -2.35. The summed E-state index contributed by atoms with van der Waals surface area (Å²) in [5, 5.41) is 13.8. The monoisotopic (exact) mass is 513 g/mol. The summed E-state index contributed by atoms with van der Waals surface area (Å²) in [5.74, 6) is 0.631. The van der Waals surface area contributed by atoms with Gasteiger partial charge >= 0.3 is 6.18 Å². The molecule has 0 spiro atoms. The standard InChI is InChI=1S/C25H23F4N7O/c1-3-30-23-19-12-37-11-18(15-4-6-16(7-5-15)25(27,28)29)22(19)34-24(35-23)33-17-8-9-21(20(26)10-17)36-14(2)31-13-32-36/h4-11,13,24,33-34H,3,12H2,1-2H3,(H,30,35). The van der Waals surface area contributed by atoms with E-state index >= 15 is 0 Å². The van der Waals surface area contributed by atoms with Crippen molar-refractivity contribution < 1.29 is 22.3 Å². The molecule has 0 radical (unpaired) electrons. The number of benzene rings is 2. The summed E-state index contributed by atoms with van der Waals surface area (Å²) in [6.07, 6.45) is -2.17. The number of halogens is 4. The van der Waals surface area contributed by atoms with Crippen molar-refractivity contribution in [3.63, 3.8) is 0 Å². The Balaban J connectivity index is 1.42. The van der Waals surface area contributed by atoms with Gasteiger partial charge in [0.05, 0.1) is 23.1 Å². The molecule has 0 saturated carbocycles. The molecule has 2 aliphatic heterocycles. The van der Waals surface area contributed by atoms with E-state index in [1.165, 1.54) is 35.5 Å². The van der Waals surface area contributed by atoms with Crippen LogP contribution in [0.1, 0.15) is 23.9 Å². The maximum Gasteiger partial charge on any atom is 0.416 e. The van der Waals surface area contributed by atoms with Gasteiger partial charge in [0, 0.05) is 17.8 Å². The van der Waals surface area contributed by atoms with Gasteiger partial charge in [0.25, 0.3) is 0 Å². The molecule has 2 aliphatic rings. The van der Waals surface area contributed by atoms with E-state index in [4.69, 9.17) is 4.74 Å². The molecule has 3 aromatic rings. The molecular weight excluding hydrogens is 490 g/mol. The number of amidine groups is 1. The Labute approximate surface area is 209 Å². The summed E-state index contributed by atoms with van der Waals surface area (Å²) in [7, 11) is 0. The fourth-order valence-electron chi connectivity index (χ4n) is 4.15. The third-order valence-corrected chi connectivity index (χ3v) is 5.90. The lowest BCUT2D eigenvalue weighted by atomic mass is 9.96. The van der Waals surface area contributed by atoms with Gasteiger partial charge in [0.15, 0.2) is 12.1 Å². The van der Waals surface area contributed by atoms with Gasteiger partial charge in [0.1, 0.15) is 30.3 Å². The van der Waals surface area contributed by atoms with Crippen molar-refractivity contribution in [3.8, 4) is 5.69 Å². The van der Waals surface area contributed by atoms with E-state index in [0.29, 0.717) is 40.7 Å². The fourth-order valence-corrected chi connectivity index (χ4v) is 4.15. The van der Waals surface area contributed by atoms with Crippen LogP contribution in [0.4, 0.5) is 23.2 Å². The van der Waals surface area contributed by atoms with Crippen molar-refractivity contribution >= 4 is 17.1 Å². The van der Waals surface area contributed by atoms with Gasteiger partial charge in [-0.1, -0.05) is 12.1 Å². The first-order chi connectivity index (χ1) is 17.7. The zero-order valence-corrected chi connectivity index (χ0v) is 19.9.